The summed E-state index contributed by atoms with van der Waals surface area (Å²) in [6, 6.07) is 10.6. The van der Waals surface area contributed by atoms with E-state index in [-0.39, 0.29) is 6.04 Å². The van der Waals surface area contributed by atoms with Gasteiger partial charge in [-0.25, -0.2) is 0 Å². The smallest absolute Gasteiger partial charge is 0.0646 e. The maximum absolute atomic E-state index is 6.29. The van der Waals surface area contributed by atoms with Gasteiger partial charge >= 0.3 is 0 Å². The van der Waals surface area contributed by atoms with Gasteiger partial charge in [-0.15, -0.1) is 11.3 Å². The number of rotatable bonds is 3. The Hall–Kier alpha value is -0.640. The van der Waals surface area contributed by atoms with Crippen molar-refractivity contribution in [1.82, 2.24) is 0 Å². The van der Waals surface area contributed by atoms with Crippen molar-refractivity contribution in [2.75, 3.05) is 0 Å². The summed E-state index contributed by atoms with van der Waals surface area (Å²) in [7, 11) is 0. The quantitative estimate of drug-likeness (QED) is 0.891. The van der Waals surface area contributed by atoms with Crippen molar-refractivity contribution in [2.24, 2.45) is 5.73 Å². The predicted octanol–water partition coefficient (Wildman–Crippen LogP) is 4.43. The second kappa shape index (κ2) is 5.34. The van der Waals surface area contributed by atoms with Crippen LogP contribution in [0.15, 0.2) is 34.8 Å². The van der Waals surface area contributed by atoms with E-state index in [1.54, 1.807) is 11.3 Å². The van der Waals surface area contributed by atoms with E-state index in [0.717, 1.165) is 16.5 Å². The summed E-state index contributed by atoms with van der Waals surface area (Å²) in [6.45, 7) is 4.25. The van der Waals surface area contributed by atoms with Crippen molar-refractivity contribution in [3.8, 4) is 0 Å². The number of hydrogen-bond donors (Lipinski definition) is 1. The highest BCUT2D eigenvalue weighted by Gasteiger charge is 2.12. The molecular formula is C14H16BrNS. The Bertz CT molecular complexity index is 519. The zero-order valence-electron chi connectivity index (χ0n) is 10.0. The van der Waals surface area contributed by atoms with E-state index >= 15 is 0 Å². The first-order chi connectivity index (χ1) is 8.11. The minimum absolute atomic E-state index is 0.0165. The van der Waals surface area contributed by atoms with Gasteiger partial charge in [0.25, 0.3) is 0 Å². The fourth-order valence-corrected chi connectivity index (χ4v) is 3.10. The second-order valence-electron chi connectivity index (χ2n) is 4.14. The van der Waals surface area contributed by atoms with Gasteiger partial charge in [0.15, 0.2) is 0 Å². The molecule has 2 N–H and O–H groups in total. The van der Waals surface area contributed by atoms with E-state index in [0.29, 0.717) is 0 Å². The fourth-order valence-electron chi connectivity index (χ4n) is 1.72. The summed E-state index contributed by atoms with van der Waals surface area (Å²) in [4.78, 5) is 2.62. The number of aryl methyl sites for hydroxylation is 2. The Morgan fingerprint density at radius 2 is 2.06 bits per heavy atom. The Morgan fingerprint density at radius 3 is 2.65 bits per heavy atom. The van der Waals surface area contributed by atoms with Crippen LogP contribution in [-0.4, -0.2) is 0 Å². The molecule has 1 nitrogen and oxygen atoms in total. The highest BCUT2D eigenvalue weighted by molar-refractivity contribution is 9.10. The first-order valence-electron chi connectivity index (χ1n) is 5.72. The first-order valence-corrected chi connectivity index (χ1v) is 7.33. The molecule has 0 fully saturated rings. The second-order valence-corrected chi connectivity index (χ2v) is 6.20. The van der Waals surface area contributed by atoms with E-state index in [9.17, 15) is 0 Å². The molecule has 0 spiro atoms. The molecule has 0 aliphatic carbocycles. The highest BCUT2D eigenvalue weighted by Crippen LogP contribution is 2.29. The van der Waals surface area contributed by atoms with E-state index in [2.05, 4.69) is 60.1 Å². The summed E-state index contributed by atoms with van der Waals surface area (Å²) in [6.07, 6.45) is 1.08. The van der Waals surface area contributed by atoms with Gasteiger partial charge in [-0.3, -0.25) is 0 Å². The molecule has 3 heteroatoms. The van der Waals surface area contributed by atoms with Crippen LogP contribution in [0.4, 0.5) is 0 Å². The molecule has 1 unspecified atom stereocenters. The van der Waals surface area contributed by atoms with Crippen molar-refractivity contribution in [3.63, 3.8) is 0 Å². The molecule has 90 valence electrons. The minimum Gasteiger partial charge on any atom is -0.320 e. The van der Waals surface area contributed by atoms with Crippen molar-refractivity contribution < 1.29 is 0 Å². The van der Waals surface area contributed by atoms with E-state index in [1.165, 1.54) is 15.3 Å². The van der Waals surface area contributed by atoms with Gasteiger partial charge in [-0.2, -0.15) is 0 Å². The summed E-state index contributed by atoms with van der Waals surface area (Å²) in [5.41, 5.74) is 8.69. The number of thiophene rings is 1. The average molecular weight is 310 g/mol. The monoisotopic (exact) mass is 309 g/mol. The average Bonchev–Trinajstić information content (AvgIpc) is 2.80. The SMILES string of the molecule is CCc1ccc(C(N)c2ccc(C)c(Br)c2)s1. The van der Waals surface area contributed by atoms with E-state index in [4.69, 9.17) is 5.73 Å². The molecule has 0 aliphatic rings. The molecule has 0 aliphatic heterocycles. The topological polar surface area (TPSA) is 26.0 Å². The number of nitrogens with two attached hydrogens (primary N) is 1. The first kappa shape index (κ1) is 12.8. The molecule has 1 aromatic carbocycles. The highest BCUT2D eigenvalue weighted by atomic mass is 79.9. The molecule has 0 bridgehead atoms. The molecule has 1 aromatic heterocycles. The Balaban J connectivity index is 2.29. The van der Waals surface area contributed by atoms with Crippen LogP contribution in [0.5, 0.6) is 0 Å². The third-order valence-electron chi connectivity index (χ3n) is 2.89. The van der Waals surface area contributed by atoms with E-state index in [1.807, 2.05) is 0 Å². The number of hydrogen-bond acceptors (Lipinski definition) is 2. The molecule has 0 amide bonds. The van der Waals surface area contributed by atoms with Crippen LogP contribution in [0.3, 0.4) is 0 Å². The molecule has 2 aromatic rings. The lowest BCUT2D eigenvalue weighted by molar-refractivity contribution is 0.891. The van der Waals surface area contributed by atoms with Crippen LogP contribution < -0.4 is 5.73 Å². The molecule has 0 saturated carbocycles. The lowest BCUT2D eigenvalue weighted by Gasteiger charge is -2.11. The largest absolute Gasteiger partial charge is 0.320 e. The predicted molar refractivity (Wildman–Crippen MR) is 78.6 cm³/mol. The number of benzene rings is 1. The van der Waals surface area contributed by atoms with Crippen molar-refractivity contribution in [2.45, 2.75) is 26.3 Å². The van der Waals surface area contributed by atoms with Crippen LogP contribution in [0.25, 0.3) is 0 Å². The number of halogens is 1. The van der Waals surface area contributed by atoms with Gasteiger partial charge in [-0.1, -0.05) is 35.0 Å². The van der Waals surface area contributed by atoms with Crippen LogP contribution in [0.2, 0.25) is 0 Å². The standard InChI is InChI=1S/C14H16BrNS/c1-3-11-6-7-13(17-11)14(16)10-5-4-9(2)12(15)8-10/h4-8,14H,3,16H2,1-2H3. The Morgan fingerprint density at radius 1 is 1.29 bits per heavy atom. The summed E-state index contributed by atoms with van der Waals surface area (Å²) in [5, 5.41) is 0. The third-order valence-corrected chi connectivity index (χ3v) is 5.06. The lowest BCUT2D eigenvalue weighted by Crippen LogP contribution is -2.10. The van der Waals surface area contributed by atoms with Gasteiger partial charge in [0.05, 0.1) is 6.04 Å². The van der Waals surface area contributed by atoms with Crippen molar-refractivity contribution >= 4 is 27.3 Å². The molecule has 0 saturated heterocycles. The molecule has 1 heterocycles. The van der Waals surface area contributed by atoms with Crippen molar-refractivity contribution in [3.05, 3.63) is 55.7 Å². The van der Waals surface area contributed by atoms with Gasteiger partial charge in [0.2, 0.25) is 0 Å². The summed E-state index contributed by atoms with van der Waals surface area (Å²) >= 11 is 5.36. The summed E-state index contributed by atoms with van der Waals surface area (Å²) in [5.74, 6) is 0. The Kier molecular flexibility index (Phi) is 4.02. The minimum atomic E-state index is -0.0165. The van der Waals surface area contributed by atoms with Gasteiger partial charge in [0.1, 0.15) is 0 Å². The zero-order chi connectivity index (χ0) is 12.4. The molecular weight excluding hydrogens is 294 g/mol. The fraction of sp³-hybridized carbons (Fsp3) is 0.286. The van der Waals surface area contributed by atoms with Gasteiger partial charge in [0, 0.05) is 14.2 Å². The van der Waals surface area contributed by atoms with Crippen molar-refractivity contribution in [1.29, 1.82) is 0 Å². The third kappa shape index (κ3) is 2.79. The van der Waals surface area contributed by atoms with Gasteiger partial charge < -0.3 is 5.73 Å². The molecule has 2 rings (SSSR count). The normalized spacial score (nSPS) is 12.7. The van der Waals surface area contributed by atoms with Crippen LogP contribution in [0.1, 0.15) is 33.8 Å². The maximum Gasteiger partial charge on any atom is 0.0646 e. The van der Waals surface area contributed by atoms with Crippen LogP contribution >= 0.6 is 27.3 Å². The van der Waals surface area contributed by atoms with E-state index < -0.39 is 0 Å². The zero-order valence-corrected chi connectivity index (χ0v) is 12.4. The molecule has 1 atom stereocenters. The summed E-state index contributed by atoms with van der Waals surface area (Å²) < 4.78 is 1.12. The maximum atomic E-state index is 6.29. The van der Waals surface area contributed by atoms with Gasteiger partial charge in [-0.05, 0) is 42.7 Å². The lowest BCUT2D eigenvalue weighted by atomic mass is 10.0. The van der Waals surface area contributed by atoms with Crippen LogP contribution in [-0.2, 0) is 6.42 Å². The van der Waals surface area contributed by atoms with Crippen LogP contribution in [0, 0.1) is 6.92 Å². The Labute approximate surface area is 115 Å². The molecule has 0 radical (unpaired) electrons. The molecule has 17 heavy (non-hydrogen) atoms.